The van der Waals surface area contributed by atoms with Gasteiger partial charge in [0.1, 0.15) is 0 Å². The lowest BCUT2D eigenvalue weighted by atomic mass is 9.93. The Morgan fingerprint density at radius 2 is 1.53 bits per heavy atom. The summed E-state index contributed by atoms with van der Waals surface area (Å²) in [6.45, 7) is 2.80. The molecule has 0 saturated heterocycles. The zero-order valence-electron chi connectivity index (χ0n) is 10.3. The fraction of sp³-hybridized carbons (Fsp3) is 1.00. The van der Waals surface area contributed by atoms with Gasteiger partial charge in [0.2, 0.25) is 0 Å². The summed E-state index contributed by atoms with van der Waals surface area (Å²) in [4.78, 5) is 0. The van der Waals surface area contributed by atoms with Crippen LogP contribution in [0.15, 0.2) is 0 Å². The second-order valence-electron chi connectivity index (χ2n) is 4.33. The maximum atomic E-state index is 5.63. The van der Waals surface area contributed by atoms with Crippen LogP contribution in [0.4, 0.5) is 0 Å². The number of hydrogen-bond donors (Lipinski definition) is 3. The van der Waals surface area contributed by atoms with Gasteiger partial charge in [-0.1, -0.05) is 25.7 Å². The highest BCUT2D eigenvalue weighted by Crippen LogP contribution is 2.18. The standard InChI is InChI=1S/C12H29N3/c1-15-11-5-3-7-12(8-10-14)6-2-4-9-13/h12,15H,2-11,13-14H2,1H3. The van der Waals surface area contributed by atoms with Gasteiger partial charge >= 0.3 is 0 Å². The molecule has 5 N–H and O–H groups in total. The van der Waals surface area contributed by atoms with Gasteiger partial charge in [0.25, 0.3) is 0 Å². The van der Waals surface area contributed by atoms with Crippen molar-refractivity contribution in [2.75, 3.05) is 26.7 Å². The minimum atomic E-state index is 0.828. The Labute approximate surface area is 95.0 Å². The molecule has 1 atom stereocenters. The van der Waals surface area contributed by atoms with Gasteiger partial charge in [0.15, 0.2) is 0 Å². The van der Waals surface area contributed by atoms with Crippen molar-refractivity contribution in [3.8, 4) is 0 Å². The largest absolute Gasteiger partial charge is 0.330 e. The SMILES string of the molecule is CNCCCCC(CCN)CCCCN. The molecule has 1 unspecified atom stereocenters. The van der Waals surface area contributed by atoms with Crippen LogP contribution in [-0.2, 0) is 0 Å². The highest BCUT2D eigenvalue weighted by molar-refractivity contribution is 4.61. The van der Waals surface area contributed by atoms with Gasteiger partial charge in [0, 0.05) is 0 Å². The van der Waals surface area contributed by atoms with E-state index in [1.165, 1.54) is 38.5 Å². The molecule has 0 aromatic heterocycles. The summed E-state index contributed by atoms with van der Waals surface area (Å²) in [7, 11) is 2.01. The number of rotatable bonds is 11. The molecule has 0 aliphatic carbocycles. The van der Waals surface area contributed by atoms with E-state index >= 15 is 0 Å². The molecular formula is C12H29N3. The first kappa shape index (κ1) is 14.9. The number of nitrogens with two attached hydrogens (primary N) is 2. The Balaban J connectivity index is 3.44. The molecular weight excluding hydrogens is 186 g/mol. The van der Waals surface area contributed by atoms with E-state index in [9.17, 15) is 0 Å². The lowest BCUT2D eigenvalue weighted by Gasteiger charge is -2.15. The van der Waals surface area contributed by atoms with E-state index in [-0.39, 0.29) is 0 Å². The van der Waals surface area contributed by atoms with Crippen molar-refractivity contribution in [3.05, 3.63) is 0 Å². The lowest BCUT2D eigenvalue weighted by Crippen LogP contribution is -2.11. The maximum absolute atomic E-state index is 5.63. The predicted molar refractivity (Wildman–Crippen MR) is 67.8 cm³/mol. The first-order chi connectivity index (χ1) is 7.35. The first-order valence-corrected chi connectivity index (χ1v) is 6.39. The van der Waals surface area contributed by atoms with Gasteiger partial charge in [-0.05, 0) is 51.9 Å². The molecule has 0 amide bonds. The van der Waals surface area contributed by atoms with Gasteiger partial charge in [-0.3, -0.25) is 0 Å². The smallest absolute Gasteiger partial charge is 0.00519 e. The second kappa shape index (κ2) is 12.0. The van der Waals surface area contributed by atoms with Crippen LogP contribution in [-0.4, -0.2) is 26.7 Å². The van der Waals surface area contributed by atoms with Gasteiger partial charge in [0.05, 0.1) is 0 Å². The molecule has 0 radical (unpaired) electrons. The molecule has 0 heterocycles. The van der Waals surface area contributed by atoms with Crippen LogP contribution in [0.3, 0.4) is 0 Å². The topological polar surface area (TPSA) is 64.1 Å². The average Bonchev–Trinajstić information content (AvgIpc) is 2.24. The van der Waals surface area contributed by atoms with Gasteiger partial charge in [-0.25, -0.2) is 0 Å². The molecule has 0 fully saturated rings. The molecule has 15 heavy (non-hydrogen) atoms. The Bertz CT molecular complexity index is 117. The van der Waals surface area contributed by atoms with Crippen LogP contribution in [0.1, 0.15) is 44.9 Å². The molecule has 92 valence electrons. The van der Waals surface area contributed by atoms with E-state index in [4.69, 9.17) is 11.5 Å². The highest BCUT2D eigenvalue weighted by Gasteiger charge is 2.06. The Hall–Kier alpha value is -0.120. The predicted octanol–water partition coefficient (Wildman–Crippen LogP) is 1.47. The molecule has 0 spiro atoms. The first-order valence-electron chi connectivity index (χ1n) is 6.39. The minimum absolute atomic E-state index is 0.828. The van der Waals surface area contributed by atoms with Crippen molar-refractivity contribution in [1.82, 2.24) is 5.32 Å². The molecule has 0 aliphatic rings. The van der Waals surface area contributed by atoms with Crippen LogP contribution in [0, 0.1) is 5.92 Å². The van der Waals surface area contributed by atoms with E-state index in [0.29, 0.717) is 0 Å². The van der Waals surface area contributed by atoms with E-state index in [1.807, 2.05) is 7.05 Å². The molecule has 0 aromatic carbocycles. The van der Waals surface area contributed by atoms with Gasteiger partial charge < -0.3 is 16.8 Å². The number of unbranched alkanes of at least 4 members (excludes halogenated alkanes) is 2. The van der Waals surface area contributed by atoms with E-state index < -0.39 is 0 Å². The van der Waals surface area contributed by atoms with E-state index in [1.54, 1.807) is 0 Å². The van der Waals surface area contributed by atoms with Crippen molar-refractivity contribution in [1.29, 1.82) is 0 Å². The average molecular weight is 215 g/mol. The van der Waals surface area contributed by atoms with Crippen molar-refractivity contribution >= 4 is 0 Å². The van der Waals surface area contributed by atoms with Crippen LogP contribution in [0.2, 0.25) is 0 Å². The third-order valence-corrected chi connectivity index (χ3v) is 2.93. The molecule has 0 saturated carbocycles. The van der Waals surface area contributed by atoms with Crippen LogP contribution < -0.4 is 16.8 Å². The minimum Gasteiger partial charge on any atom is -0.330 e. The fourth-order valence-corrected chi connectivity index (χ4v) is 1.98. The summed E-state index contributed by atoms with van der Waals surface area (Å²) in [6.07, 6.45) is 8.88. The molecule has 0 aliphatic heterocycles. The molecule has 0 aromatic rings. The zero-order valence-corrected chi connectivity index (χ0v) is 10.3. The third-order valence-electron chi connectivity index (χ3n) is 2.93. The number of nitrogens with one attached hydrogen (secondary N) is 1. The maximum Gasteiger partial charge on any atom is -0.00519 e. The van der Waals surface area contributed by atoms with Crippen molar-refractivity contribution in [3.63, 3.8) is 0 Å². The Kier molecular flexibility index (Phi) is 11.9. The zero-order chi connectivity index (χ0) is 11.4. The highest BCUT2D eigenvalue weighted by atomic mass is 14.8. The van der Waals surface area contributed by atoms with Crippen LogP contribution in [0.25, 0.3) is 0 Å². The van der Waals surface area contributed by atoms with Crippen molar-refractivity contribution in [2.24, 2.45) is 17.4 Å². The van der Waals surface area contributed by atoms with Crippen molar-refractivity contribution in [2.45, 2.75) is 44.9 Å². The molecule has 3 nitrogen and oxygen atoms in total. The third kappa shape index (κ3) is 10.2. The fourth-order valence-electron chi connectivity index (χ4n) is 1.98. The lowest BCUT2D eigenvalue weighted by molar-refractivity contribution is 0.392. The molecule has 0 rings (SSSR count). The summed E-state index contributed by atoms with van der Waals surface area (Å²) < 4.78 is 0. The monoisotopic (exact) mass is 215 g/mol. The Morgan fingerprint density at radius 1 is 0.867 bits per heavy atom. The van der Waals surface area contributed by atoms with Crippen LogP contribution >= 0.6 is 0 Å². The summed E-state index contributed by atoms with van der Waals surface area (Å²) in [5.41, 5.74) is 11.1. The Morgan fingerprint density at radius 3 is 2.07 bits per heavy atom. The summed E-state index contributed by atoms with van der Waals surface area (Å²) in [5.74, 6) is 0.832. The summed E-state index contributed by atoms with van der Waals surface area (Å²) >= 11 is 0. The quantitative estimate of drug-likeness (QED) is 0.457. The number of hydrogen-bond acceptors (Lipinski definition) is 3. The van der Waals surface area contributed by atoms with Crippen LogP contribution in [0.5, 0.6) is 0 Å². The van der Waals surface area contributed by atoms with Gasteiger partial charge in [-0.15, -0.1) is 0 Å². The van der Waals surface area contributed by atoms with E-state index in [2.05, 4.69) is 5.32 Å². The summed E-state index contributed by atoms with van der Waals surface area (Å²) in [5, 5.41) is 3.18. The van der Waals surface area contributed by atoms with Gasteiger partial charge in [-0.2, -0.15) is 0 Å². The molecule has 3 heteroatoms. The second-order valence-corrected chi connectivity index (χ2v) is 4.33. The van der Waals surface area contributed by atoms with Crippen molar-refractivity contribution < 1.29 is 0 Å². The normalized spacial score (nSPS) is 13.0. The van der Waals surface area contributed by atoms with E-state index in [0.717, 1.165) is 32.0 Å². The molecule has 0 bridgehead atoms. The summed E-state index contributed by atoms with van der Waals surface area (Å²) in [6, 6.07) is 0.